The number of para-hydroxylation sites is 1. The largest absolute Gasteiger partial charge is 0.317 e. The van der Waals surface area contributed by atoms with Crippen LogP contribution in [0.1, 0.15) is 31.5 Å². The average Bonchev–Trinajstić information content (AvgIpc) is 2.58. The number of aromatic nitrogens is 3. The molecule has 0 spiro atoms. The van der Waals surface area contributed by atoms with Gasteiger partial charge in [-0.1, -0.05) is 32.0 Å². The molecule has 0 bridgehead atoms. The smallest absolute Gasteiger partial charge is 0.302 e. The van der Waals surface area contributed by atoms with Gasteiger partial charge in [-0.3, -0.25) is 19.1 Å². The first-order valence-corrected chi connectivity index (χ1v) is 8.16. The monoisotopic (exact) mass is 321 g/mol. The van der Waals surface area contributed by atoms with E-state index >= 15 is 0 Å². The maximum absolute atomic E-state index is 12.7. The van der Waals surface area contributed by atoms with Crippen LogP contribution in [0.15, 0.2) is 52.2 Å². The summed E-state index contributed by atoms with van der Waals surface area (Å²) in [5.41, 5.74) is 2.63. The molecule has 4 rings (SSSR count). The zero-order valence-corrected chi connectivity index (χ0v) is 13.8. The van der Waals surface area contributed by atoms with E-state index in [9.17, 15) is 9.59 Å². The summed E-state index contributed by atoms with van der Waals surface area (Å²) < 4.78 is 3.20. The van der Waals surface area contributed by atoms with Crippen molar-refractivity contribution in [2.75, 3.05) is 0 Å². The van der Waals surface area contributed by atoms with Crippen LogP contribution in [0.3, 0.4) is 0 Å². The van der Waals surface area contributed by atoms with Crippen molar-refractivity contribution in [2.24, 2.45) is 0 Å². The van der Waals surface area contributed by atoms with E-state index in [0.29, 0.717) is 13.1 Å². The first-order valence-electron chi connectivity index (χ1n) is 8.16. The molecule has 0 atom stereocenters. The molecule has 1 aromatic carbocycles. The van der Waals surface area contributed by atoms with E-state index in [0.717, 1.165) is 28.7 Å². The second-order valence-corrected chi connectivity index (χ2v) is 6.98. The van der Waals surface area contributed by atoms with Crippen molar-refractivity contribution in [3.8, 4) is 0 Å². The van der Waals surface area contributed by atoms with Crippen molar-refractivity contribution in [2.45, 2.75) is 38.8 Å². The summed E-state index contributed by atoms with van der Waals surface area (Å²) in [5, 5.41) is 0. The molecule has 122 valence electrons. The number of nitrogens with zero attached hydrogens (tertiary/aromatic N) is 3. The molecule has 3 aromatic rings. The Morgan fingerprint density at radius 3 is 2.67 bits per heavy atom. The summed E-state index contributed by atoms with van der Waals surface area (Å²) in [6, 6.07) is 11.5. The highest BCUT2D eigenvalue weighted by molar-refractivity contribution is 5.81. The predicted octanol–water partition coefficient (Wildman–Crippen LogP) is 2.29. The summed E-state index contributed by atoms with van der Waals surface area (Å²) >= 11 is 0. The number of hydrogen-bond acceptors (Lipinski definition) is 3. The van der Waals surface area contributed by atoms with Crippen molar-refractivity contribution in [3.63, 3.8) is 0 Å². The summed E-state index contributed by atoms with van der Waals surface area (Å²) in [6.07, 6.45) is 2.55. The van der Waals surface area contributed by atoms with Gasteiger partial charge >= 0.3 is 11.1 Å². The van der Waals surface area contributed by atoms with Crippen LogP contribution in [0, 0.1) is 0 Å². The van der Waals surface area contributed by atoms with Crippen molar-refractivity contribution >= 4 is 11.0 Å². The van der Waals surface area contributed by atoms with Crippen LogP contribution in [0.2, 0.25) is 0 Å². The van der Waals surface area contributed by atoms with Crippen molar-refractivity contribution in [1.82, 2.24) is 14.1 Å². The van der Waals surface area contributed by atoms with E-state index in [-0.39, 0.29) is 5.41 Å². The van der Waals surface area contributed by atoms with Crippen LogP contribution in [-0.2, 0) is 18.5 Å². The van der Waals surface area contributed by atoms with Gasteiger partial charge in [-0.15, -0.1) is 0 Å². The Kier molecular flexibility index (Phi) is 3.20. The third-order valence-corrected chi connectivity index (χ3v) is 4.98. The van der Waals surface area contributed by atoms with Crippen molar-refractivity contribution in [1.29, 1.82) is 0 Å². The maximum Gasteiger partial charge on any atom is 0.317 e. The molecule has 3 heterocycles. The maximum atomic E-state index is 12.7. The van der Waals surface area contributed by atoms with E-state index in [1.54, 1.807) is 15.3 Å². The van der Waals surface area contributed by atoms with Gasteiger partial charge < -0.3 is 4.57 Å². The van der Waals surface area contributed by atoms with Gasteiger partial charge in [0.05, 0.1) is 23.3 Å². The Morgan fingerprint density at radius 2 is 1.92 bits per heavy atom. The van der Waals surface area contributed by atoms with Crippen molar-refractivity contribution in [3.05, 3.63) is 74.6 Å². The van der Waals surface area contributed by atoms with Crippen molar-refractivity contribution < 1.29 is 0 Å². The molecule has 0 radical (unpaired) electrons. The second-order valence-electron chi connectivity index (χ2n) is 6.98. The predicted molar refractivity (Wildman–Crippen MR) is 93.5 cm³/mol. The van der Waals surface area contributed by atoms with Gasteiger partial charge in [0.1, 0.15) is 0 Å². The van der Waals surface area contributed by atoms with E-state index in [1.807, 2.05) is 30.3 Å². The van der Waals surface area contributed by atoms with E-state index in [4.69, 9.17) is 0 Å². The Hall–Kier alpha value is -2.69. The summed E-state index contributed by atoms with van der Waals surface area (Å²) in [4.78, 5) is 29.6. The minimum Gasteiger partial charge on any atom is -0.302 e. The highest BCUT2D eigenvalue weighted by Crippen LogP contribution is 2.36. The first-order chi connectivity index (χ1) is 11.5. The summed E-state index contributed by atoms with van der Waals surface area (Å²) in [5.74, 6) is 0. The first kappa shape index (κ1) is 14.9. The lowest BCUT2D eigenvalue weighted by Gasteiger charge is -2.33. The number of pyridine rings is 1. The van der Waals surface area contributed by atoms with Gasteiger partial charge in [0.15, 0.2) is 0 Å². The van der Waals surface area contributed by atoms with Gasteiger partial charge in [0, 0.05) is 12.7 Å². The molecule has 2 aromatic heterocycles. The van der Waals surface area contributed by atoms with Gasteiger partial charge in [0.2, 0.25) is 0 Å². The lowest BCUT2D eigenvalue weighted by molar-refractivity contribution is 0.414. The van der Waals surface area contributed by atoms with Crippen LogP contribution in [0.25, 0.3) is 11.0 Å². The van der Waals surface area contributed by atoms with Gasteiger partial charge in [-0.2, -0.15) is 0 Å². The fraction of sp³-hybridized carbons (Fsp3) is 0.316. The molecule has 0 fully saturated rings. The van der Waals surface area contributed by atoms with Gasteiger partial charge in [-0.05, 0) is 35.6 Å². The molecule has 24 heavy (non-hydrogen) atoms. The third kappa shape index (κ3) is 2.12. The normalized spacial score (nSPS) is 15.6. The fourth-order valence-electron chi connectivity index (χ4n) is 3.57. The molecular weight excluding hydrogens is 302 g/mol. The van der Waals surface area contributed by atoms with Crippen LogP contribution in [0.5, 0.6) is 0 Å². The summed E-state index contributed by atoms with van der Waals surface area (Å²) in [7, 11) is 0. The number of hydrogen-bond donors (Lipinski definition) is 0. The molecule has 0 saturated heterocycles. The zero-order chi connectivity index (χ0) is 16.9. The molecule has 0 saturated carbocycles. The second kappa shape index (κ2) is 5.16. The minimum atomic E-state index is -0.481. The highest BCUT2D eigenvalue weighted by Gasteiger charge is 2.30. The van der Waals surface area contributed by atoms with Gasteiger partial charge in [-0.25, -0.2) is 0 Å². The van der Waals surface area contributed by atoms with Crippen LogP contribution < -0.4 is 11.1 Å². The Labute approximate surface area is 139 Å². The van der Waals surface area contributed by atoms with E-state index < -0.39 is 11.1 Å². The molecule has 5 heteroatoms. The van der Waals surface area contributed by atoms with E-state index in [1.165, 1.54) is 0 Å². The molecule has 0 aliphatic carbocycles. The van der Waals surface area contributed by atoms with Crippen LogP contribution >= 0.6 is 0 Å². The highest BCUT2D eigenvalue weighted by atomic mass is 16.2. The zero-order valence-electron chi connectivity index (χ0n) is 13.8. The van der Waals surface area contributed by atoms with Crippen LogP contribution in [-0.4, -0.2) is 14.1 Å². The summed E-state index contributed by atoms with van der Waals surface area (Å²) in [6.45, 7) is 5.25. The van der Waals surface area contributed by atoms with Crippen LogP contribution in [0.4, 0.5) is 0 Å². The molecule has 1 aliphatic rings. The Bertz CT molecular complexity index is 1050. The number of benzene rings is 1. The Balaban J connectivity index is 2.06. The molecule has 0 amide bonds. The molecule has 0 N–H and O–H groups in total. The molecule has 5 nitrogen and oxygen atoms in total. The standard InChI is InChI=1S/C19H19N3O2/c1-19(2)9-11-21-16-14(19)7-5-8-15(16)22(18(24)17(21)23)12-13-6-3-4-10-20-13/h3-8,10H,9,11-12H2,1-2H3. The number of rotatable bonds is 2. The number of aryl methyl sites for hydroxylation is 1. The molecule has 0 unspecified atom stereocenters. The lowest BCUT2D eigenvalue weighted by atomic mass is 9.78. The van der Waals surface area contributed by atoms with Gasteiger partial charge in [0.25, 0.3) is 0 Å². The average molecular weight is 321 g/mol. The quantitative estimate of drug-likeness (QED) is 0.681. The minimum absolute atomic E-state index is 0.0147. The molecule has 1 aliphatic heterocycles. The van der Waals surface area contributed by atoms with E-state index in [2.05, 4.69) is 24.9 Å². The topological polar surface area (TPSA) is 56.9 Å². The Morgan fingerprint density at radius 1 is 1.08 bits per heavy atom. The lowest BCUT2D eigenvalue weighted by Crippen LogP contribution is -2.44. The fourth-order valence-corrected chi connectivity index (χ4v) is 3.57. The SMILES string of the molecule is CC1(C)CCn2c(=O)c(=O)n(Cc3ccccn3)c3cccc1c32. The molecular formula is C19H19N3O2. The third-order valence-electron chi connectivity index (χ3n) is 4.98.